The van der Waals surface area contributed by atoms with Gasteiger partial charge < -0.3 is 9.88 Å². The molecule has 26 heavy (non-hydrogen) atoms. The fourth-order valence-electron chi connectivity index (χ4n) is 3.00. The highest BCUT2D eigenvalue weighted by atomic mass is 35.5. The van der Waals surface area contributed by atoms with Crippen molar-refractivity contribution < 1.29 is 18.0 Å². The molecule has 138 valence electrons. The number of carbonyl (C=O) groups excluding carboxylic acids is 1. The second-order valence-corrected chi connectivity index (χ2v) is 6.75. The van der Waals surface area contributed by atoms with Gasteiger partial charge >= 0.3 is 6.18 Å². The third-order valence-electron chi connectivity index (χ3n) is 4.25. The summed E-state index contributed by atoms with van der Waals surface area (Å²) in [5.41, 5.74) is -0.00262. The van der Waals surface area contributed by atoms with Crippen molar-refractivity contribution in [2.45, 2.75) is 31.6 Å². The van der Waals surface area contributed by atoms with Crippen LogP contribution < -0.4 is 10.9 Å². The number of rotatable bonds is 3. The number of aromatic nitrogens is 1. The summed E-state index contributed by atoms with van der Waals surface area (Å²) in [4.78, 5) is 24.0. The lowest BCUT2D eigenvalue weighted by molar-refractivity contribution is -0.138. The molecule has 1 amide bonds. The lowest BCUT2D eigenvalue weighted by Gasteiger charge is -2.16. The smallest absolute Gasteiger partial charge is 0.348 e. The van der Waals surface area contributed by atoms with E-state index in [1.165, 1.54) is 0 Å². The van der Waals surface area contributed by atoms with E-state index in [2.05, 4.69) is 5.32 Å². The van der Waals surface area contributed by atoms with Crippen LogP contribution in [0.15, 0.2) is 35.3 Å². The molecule has 1 aliphatic rings. The van der Waals surface area contributed by atoms with Crippen LogP contribution in [-0.4, -0.2) is 10.5 Å². The molecule has 0 spiro atoms. The molecule has 0 bridgehead atoms. The Morgan fingerprint density at radius 3 is 2.65 bits per heavy atom. The molecule has 0 saturated heterocycles. The maximum atomic E-state index is 12.8. The Labute approximate surface area is 156 Å². The third kappa shape index (κ3) is 3.73. The van der Waals surface area contributed by atoms with Crippen molar-refractivity contribution >= 4 is 29.1 Å². The largest absolute Gasteiger partial charge is 0.417 e. The van der Waals surface area contributed by atoms with E-state index in [0.29, 0.717) is 35.2 Å². The number of nitrogens with one attached hydrogen (secondary N) is 1. The quantitative estimate of drug-likeness (QED) is 0.840. The fraction of sp³-hybridized carbons (Fsp3) is 0.294. The number of hydrogen-bond donors (Lipinski definition) is 1. The normalized spacial score (nSPS) is 16.4. The first kappa shape index (κ1) is 18.8. The molecule has 0 fully saturated rings. The highest BCUT2D eigenvalue weighted by Gasteiger charge is 2.31. The molecule has 0 aliphatic heterocycles. The van der Waals surface area contributed by atoms with Crippen molar-refractivity contribution in [2.75, 3.05) is 0 Å². The monoisotopic (exact) mass is 404 g/mol. The van der Waals surface area contributed by atoms with Gasteiger partial charge in [-0.15, -0.1) is 0 Å². The zero-order valence-corrected chi connectivity index (χ0v) is 14.8. The standard InChI is InChI=1S/C17H13Cl2F3N2O2/c18-12-4-2-10-11(16(12)19)3-5-13(10)23-14(25)8-24-7-9(17(20,21)22)1-6-15(24)26/h1-2,4,6-7,13H,3,5,8H2,(H,23,25). The first-order valence-corrected chi connectivity index (χ1v) is 8.46. The molecule has 1 unspecified atom stereocenters. The highest BCUT2D eigenvalue weighted by Crippen LogP contribution is 2.39. The number of pyridine rings is 1. The van der Waals surface area contributed by atoms with Gasteiger partial charge in [-0.2, -0.15) is 13.2 Å². The van der Waals surface area contributed by atoms with Gasteiger partial charge in [-0.1, -0.05) is 29.3 Å². The summed E-state index contributed by atoms with van der Waals surface area (Å²) in [5, 5.41) is 3.60. The van der Waals surface area contributed by atoms with Crippen LogP contribution in [0.5, 0.6) is 0 Å². The number of alkyl halides is 3. The predicted molar refractivity (Wildman–Crippen MR) is 91.4 cm³/mol. The number of halogens is 5. The summed E-state index contributed by atoms with van der Waals surface area (Å²) in [6.45, 7) is -0.504. The first-order chi connectivity index (χ1) is 12.2. The summed E-state index contributed by atoms with van der Waals surface area (Å²) < 4.78 is 39.0. The molecular weight excluding hydrogens is 392 g/mol. The molecule has 9 heteroatoms. The molecule has 1 aromatic carbocycles. The Balaban J connectivity index is 1.76. The average Bonchev–Trinajstić information content (AvgIpc) is 2.95. The number of fused-ring (bicyclic) bond motifs is 1. The molecule has 1 aliphatic carbocycles. The number of benzene rings is 1. The number of amides is 1. The second-order valence-electron chi connectivity index (χ2n) is 5.97. The summed E-state index contributed by atoms with van der Waals surface area (Å²) in [7, 11) is 0. The van der Waals surface area contributed by atoms with E-state index in [9.17, 15) is 22.8 Å². The number of carbonyl (C=O) groups is 1. The summed E-state index contributed by atoms with van der Waals surface area (Å²) in [6.07, 6.45) is -2.73. The molecular formula is C17H13Cl2F3N2O2. The molecule has 1 N–H and O–H groups in total. The van der Waals surface area contributed by atoms with Crippen LogP contribution >= 0.6 is 23.2 Å². The van der Waals surface area contributed by atoms with Gasteiger partial charge in [0.1, 0.15) is 6.54 Å². The number of hydrogen-bond acceptors (Lipinski definition) is 2. The third-order valence-corrected chi connectivity index (χ3v) is 5.09. The molecule has 1 aromatic heterocycles. The van der Waals surface area contributed by atoms with E-state index in [-0.39, 0.29) is 6.04 Å². The first-order valence-electron chi connectivity index (χ1n) is 7.70. The second kappa shape index (κ2) is 6.96. The van der Waals surface area contributed by atoms with Crippen LogP contribution in [-0.2, 0) is 23.9 Å². The summed E-state index contributed by atoms with van der Waals surface area (Å²) >= 11 is 12.1. The maximum absolute atomic E-state index is 12.8. The van der Waals surface area contributed by atoms with E-state index in [1.807, 2.05) is 0 Å². The lowest BCUT2D eigenvalue weighted by Crippen LogP contribution is -2.34. The van der Waals surface area contributed by atoms with Crippen LogP contribution in [0.2, 0.25) is 10.0 Å². The predicted octanol–water partition coefficient (Wildman–Crippen LogP) is 3.98. The van der Waals surface area contributed by atoms with Gasteiger partial charge in [0, 0.05) is 12.3 Å². The minimum atomic E-state index is -4.59. The van der Waals surface area contributed by atoms with Gasteiger partial charge in [-0.25, -0.2) is 0 Å². The van der Waals surface area contributed by atoms with E-state index in [0.717, 1.165) is 21.8 Å². The van der Waals surface area contributed by atoms with Gasteiger partial charge in [-0.05, 0) is 36.1 Å². The summed E-state index contributed by atoms with van der Waals surface area (Å²) in [5.74, 6) is -0.560. The van der Waals surface area contributed by atoms with Crippen molar-refractivity contribution in [1.82, 2.24) is 9.88 Å². The molecule has 3 rings (SSSR count). The molecule has 1 atom stereocenters. The highest BCUT2D eigenvalue weighted by molar-refractivity contribution is 6.42. The van der Waals surface area contributed by atoms with E-state index < -0.39 is 29.8 Å². The average molecular weight is 405 g/mol. The van der Waals surface area contributed by atoms with Gasteiger partial charge in [-0.3, -0.25) is 9.59 Å². The van der Waals surface area contributed by atoms with Gasteiger partial charge in [0.05, 0.1) is 21.7 Å². The minimum Gasteiger partial charge on any atom is -0.348 e. The van der Waals surface area contributed by atoms with E-state index >= 15 is 0 Å². The zero-order valence-electron chi connectivity index (χ0n) is 13.2. The molecule has 0 saturated carbocycles. The van der Waals surface area contributed by atoms with Crippen LogP contribution in [0.4, 0.5) is 13.2 Å². The van der Waals surface area contributed by atoms with Crippen molar-refractivity contribution in [3.05, 3.63) is 67.6 Å². The zero-order chi connectivity index (χ0) is 19.1. The van der Waals surface area contributed by atoms with E-state index in [1.54, 1.807) is 12.1 Å². The minimum absolute atomic E-state index is 0.325. The van der Waals surface area contributed by atoms with Crippen LogP contribution in [0.3, 0.4) is 0 Å². The van der Waals surface area contributed by atoms with Gasteiger partial charge in [0.2, 0.25) is 5.91 Å². The van der Waals surface area contributed by atoms with Crippen molar-refractivity contribution in [3.63, 3.8) is 0 Å². The van der Waals surface area contributed by atoms with Crippen LogP contribution in [0, 0.1) is 0 Å². The Morgan fingerprint density at radius 2 is 1.96 bits per heavy atom. The Hall–Kier alpha value is -1.99. The van der Waals surface area contributed by atoms with E-state index in [4.69, 9.17) is 23.2 Å². The van der Waals surface area contributed by atoms with Crippen molar-refractivity contribution in [1.29, 1.82) is 0 Å². The van der Waals surface area contributed by atoms with Crippen LogP contribution in [0.25, 0.3) is 0 Å². The van der Waals surface area contributed by atoms with Crippen molar-refractivity contribution in [3.8, 4) is 0 Å². The topological polar surface area (TPSA) is 51.1 Å². The van der Waals surface area contributed by atoms with Gasteiger partial charge in [0.25, 0.3) is 5.56 Å². The van der Waals surface area contributed by atoms with Gasteiger partial charge in [0.15, 0.2) is 0 Å². The molecule has 0 radical (unpaired) electrons. The van der Waals surface area contributed by atoms with Crippen LogP contribution in [0.1, 0.15) is 29.2 Å². The Morgan fingerprint density at radius 1 is 1.23 bits per heavy atom. The molecule has 2 aromatic rings. The lowest BCUT2D eigenvalue weighted by atomic mass is 10.1. The molecule has 4 nitrogen and oxygen atoms in total. The maximum Gasteiger partial charge on any atom is 0.417 e. The SMILES string of the molecule is O=C(Cn1cc(C(F)(F)F)ccc1=O)NC1CCc2c1ccc(Cl)c2Cl. The fourth-order valence-corrected chi connectivity index (χ4v) is 3.44. The summed E-state index contributed by atoms with van der Waals surface area (Å²) in [6, 6.07) is 4.55. The Kier molecular flexibility index (Phi) is 5.03. The Bertz CT molecular complexity index is 925. The van der Waals surface area contributed by atoms with Crippen molar-refractivity contribution in [2.24, 2.45) is 0 Å². The molecule has 1 heterocycles. The number of nitrogens with zero attached hydrogens (tertiary/aromatic N) is 1.